The van der Waals surface area contributed by atoms with Crippen molar-refractivity contribution in [3.63, 3.8) is 0 Å². The Morgan fingerprint density at radius 3 is 2.41 bits per heavy atom. The molecule has 22 heavy (non-hydrogen) atoms. The third-order valence-corrected chi connectivity index (χ3v) is 4.54. The molecule has 3 rings (SSSR count). The summed E-state index contributed by atoms with van der Waals surface area (Å²) in [5.41, 5.74) is -1.70. The zero-order chi connectivity index (χ0) is 15.8. The molecule has 1 atom stereocenters. The van der Waals surface area contributed by atoms with Crippen molar-refractivity contribution >= 4 is 22.9 Å². The Labute approximate surface area is 128 Å². The first kappa shape index (κ1) is 14.8. The molecule has 6 heteroatoms. The predicted octanol–water partition coefficient (Wildman–Crippen LogP) is 4.54. The lowest BCUT2D eigenvalue weighted by Crippen LogP contribution is -2.47. The molecule has 2 heterocycles. The highest BCUT2D eigenvalue weighted by Gasteiger charge is 2.61. The van der Waals surface area contributed by atoms with Gasteiger partial charge in [0, 0.05) is 12.5 Å². The molecule has 0 N–H and O–H groups in total. The van der Waals surface area contributed by atoms with Crippen LogP contribution in [0.1, 0.15) is 16.9 Å². The molecule has 0 saturated heterocycles. The summed E-state index contributed by atoms with van der Waals surface area (Å²) in [5, 5.41) is 1.54. The lowest BCUT2D eigenvalue weighted by Gasteiger charge is -2.37. The summed E-state index contributed by atoms with van der Waals surface area (Å²) in [6.07, 6.45) is -3.98. The number of hydrogen-bond donors (Lipinski definition) is 0. The monoisotopic (exact) mass is 324 g/mol. The van der Waals surface area contributed by atoms with Crippen LogP contribution in [0.4, 0.5) is 13.2 Å². The van der Waals surface area contributed by atoms with Crippen molar-refractivity contribution in [2.45, 2.75) is 18.2 Å². The number of benzene rings is 1. The second-order valence-electron chi connectivity index (χ2n) is 4.94. The lowest BCUT2D eigenvalue weighted by molar-refractivity contribution is -0.273. The Morgan fingerprint density at radius 2 is 1.82 bits per heavy atom. The van der Waals surface area contributed by atoms with E-state index in [1.807, 2.05) is 0 Å². The molecule has 1 aliphatic heterocycles. The summed E-state index contributed by atoms with van der Waals surface area (Å²) in [4.78, 5) is 11.8. The second-order valence-corrected chi connectivity index (χ2v) is 5.88. The van der Waals surface area contributed by atoms with Crippen LogP contribution < -0.4 is 0 Å². The van der Waals surface area contributed by atoms with Gasteiger partial charge in [0.05, 0.1) is 4.88 Å². The van der Waals surface area contributed by atoms with Crippen LogP contribution in [-0.2, 0) is 15.1 Å². The number of alkyl halides is 3. The van der Waals surface area contributed by atoms with E-state index >= 15 is 0 Å². The highest BCUT2D eigenvalue weighted by Crippen LogP contribution is 2.51. The van der Waals surface area contributed by atoms with Gasteiger partial charge in [-0.2, -0.15) is 13.2 Å². The van der Waals surface area contributed by atoms with Crippen molar-refractivity contribution in [1.82, 2.24) is 0 Å². The van der Waals surface area contributed by atoms with Crippen molar-refractivity contribution in [3.05, 3.63) is 64.4 Å². The Morgan fingerprint density at radius 1 is 1.09 bits per heavy atom. The Hall–Kier alpha value is -2.08. The average molecular weight is 324 g/mol. The van der Waals surface area contributed by atoms with Crippen LogP contribution >= 0.6 is 11.3 Å². The molecule has 114 valence electrons. The maximum atomic E-state index is 13.7. The predicted molar refractivity (Wildman–Crippen MR) is 77.2 cm³/mol. The fourth-order valence-corrected chi connectivity index (χ4v) is 3.36. The SMILES string of the molecule is O=C1C=C(c2ccccc2)C[C@@](c2cccs2)(C(F)(F)F)O1. The molecule has 1 aromatic heterocycles. The minimum atomic E-state index is -4.69. The maximum Gasteiger partial charge on any atom is 0.433 e. The third kappa shape index (κ3) is 2.43. The van der Waals surface area contributed by atoms with Gasteiger partial charge in [-0.3, -0.25) is 0 Å². The number of hydrogen-bond acceptors (Lipinski definition) is 3. The molecule has 2 aromatic rings. The molecular weight excluding hydrogens is 313 g/mol. The first-order valence-corrected chi connectivity index (χ1v) is 7.40. The number of halogens is 3. The van der Waals surface area contributed by atoms with Crippen molar-refractivity contribution in [3.8, 4) is 0 Å². The van der Waals surface area contributed by atoms with E-state index in [-0.39, 0.29) is 4.88 Å². The van der Waals surface area contributed by atoms with Crippen LogP contribution in [0.15, 0.2) is 53.9 Å². The maximum absolute atomic E-state index is 13.7. The Bertz CT molecular complexity index is 705. The van der Waals surface area contributed by atoms with Gasteiger partial charge in [0.15, 0.2) is 0 Å². The molecule has 0 radical (unpaired) electrons. The van der Waals surface area contributed by atoms with E-state index in [1.54, 1.807) is 30.3 Å². The van der Waals surface area contributed by atoms with Crippen LogP contribution in [0, 0.1) is 0 Å². The van der Waals surface area contributed by atoms with E-state index in [9.17, 15) is 18.0 Å². The zero-order valence-corrected chi connectivity index (χ0v) is 12.1. The topological polar surface area (TPSA) is 26.3 Å². The summed E-state index contributed by atoms with van der Waals surface area (Å²) in [6.45, 7) is 0. The number of carbonyl (C=O) groups excluding carboxylic acids is 1. The molecule has 1 aromatic carbocycles. The third-order valence-electron chi connectivity index (χ3n) is 3.53. The Kier molecular flexibility index (Phi) is 3.56. The van der Waals surface area contributed by atoms with E-state index in [2.05, 4.69) is 0 Å². The molecule has 0 amide bonds. The quantitative estimate of drug-likeness (QED) is 0.758. The summed E-state index contributed by atoms with van der Waals surface area (Å²) < 4.78 is 46.0. The van der Waals surface area contributed by atoms with Crippen LogP contribution in [0.25, 0.3) is 5.57 Å². The molecule has 0 bridgehead atoms. The van der Waals surface area contributed by atoms with Gasteiger partial charge in [-0.15, -0.1) is 11.3 Å². The molecule has 0 spiro atoms. The van der Waals surface area contributed by atoms with Crippen molar-refractivity contribution < 1.29 is 22.7 Å². The van der Waals surface area contributed by atoms with Crippen LogP contribution in [0.2, 0.25) is 0 Å². The van der Waals surface area contributed by atoms with Gasteiger partial charge in [-0.25, -0.2) is 4.79 Å². The van der Waals surface area contributed by atoms with E-state index in [0.29, 0.717) is 11.1 Å². The number of carbonyl (C=O) groups is 1. The molecule has 0 aliphatic carbocycles. The van der Waals surface area contributed by atoms with Crippen molar-refractivity contribution in [2.24, 2.45) is 0 Å². The number of cyclic esters (lactones) is 1. The van der Waals surface area contributed by atoms with E-state index in [0.717, 1.165) is 17.4 Å². The molecule has 2 nitrogen and oxygen atoms in total. The summed E-state index contributed by atoms with van der Waals surface area (Å²) in [7, 11) is 0. The fraction of sp³-hybridized carbons (Fsp3) is 0.188. The smallest absolute Gasteiger partial charge is 0.433 e. The van der Waals surface area contributed by atoms with Crippen molar-refractivity contribution in [1.29, 1.82) is 0 Å². The van der Waals surface area contributed by atoms with Gasteiger partial charge in [-0.05, 0) is 22.6 Å². The van der Waals surface area contributed by atoms with E-state index < -0.39 is 24.2 Å². The number of esters is 1. The van der Waals surface area contributed by atoms with Gasteiger partial charge in [-0.1, -0.05) is 36.4 Å². The molecule has 1 aliphatic rings. The normalized spacial score (nSPS) is 22.1. The largest absolute Gasteiger partial charge is 0.440 e. The van der Waals surface area contributed by atoms with Gasteiger partial charge in [0.2, 0.25) is 5.60 Å². The van der Waals surface area contributed by atoms with Gasteiger partial charge < -0.3 is 4.74 Å². The zero-order valence-electron chi connectivity index (χ0n) is 11.3. The molecular formula is C16H11F3O2S. The summed E-state index contributed by atoms with van der Waals surface area (Å²) in [5.74, 6) is -0.976. The number of thiophene rings is 1. The first-order valence-electron chi connectivity index (χ1n) is 6.52. The highest BCUT2D eigenvalue weighted by molar-refractivity contribution is 7.10. The summed E-state index contributed by atoms with van der Waals surface area (Å²) >= 11 is 0.930. The average Bonchev–Trinajstić information content (AvgIpc) is 3.01. The first-order chi connectivity index (χ1) is 10.4. The fourth-order valence-electron chi connectivity index (χ4n) is 2.48. The lowest BCUT2D eigenvalue weighted by atomic mass is 9.86. The van der Waals surface area contributed by atoms with Gasteiger partial charge >= 0.3 is 12.1 Å². The minimum absolute atomic E-state index is 0.0186. The van der Waals surface area contributed by atoms with Crippen LogP contribution in [0.5, 0.6) is 0 Å². The van der Waals surface area contributed by atoms with Gasteiger partial charge in [0.1, 0.15) is 0 Å². The Balaban J connectivity index is 2.11. The van der Waals surface area contributed by atoms with E-state index in [4.69, 9.17) is 4.74 Å². The highest BCUT2D eigenvalue weighted by atomic mass is 32.1. The summed E-state index contributed by atoms with van der Waals surface area (Å²) in [6, 6.07) is 11.4. The minimum Gasteiger partial charge on any atom is -0.440 e. The number of ether oxygens (including phenoxy) is 1. The standard InChI is InChI=1S/C16H11F3O2S/c17-16(18,19)15(13-7-4-8-22-13)10-12(9-14(20)21-15)11-5-2-1-3-6-11/h1-9H,10H2/t15-/m1/s1. The molecule has 0 fully saturated rings. The van der Waals surface area contributed by atoms with Gasteiger partial charge in [0.25, 0.3) is 0 Å². The molecule has 0 unspecified atom stereocenters. The molecule has 0 saturated carbocycles. The second kappa shape index (κ2) is 5.28. The van der Waals surface area contributed by atoms with E-state index in [1.165, 1.54) is 17.5 Å². The number of rotatable bonds is 2. The van der Waals surface area contributed by atoms with Crippen LogP contribution in [0.3, 0.4) is 0 Å². The van der Waals surface area contributed by atoms with Crippen molar-refractivity contribution in [2.75, 3.05) is 0 Å². The van der Waals surface area contributed by atoms with Crippen LogP contribution in [-0.4, -0.2) is 12.1 Å².